The normalized spacial score (nSPS) is 14.6. The summed E-state index contributed by atoms with van der Waals surface area (Å²) in [6, 6.07) is 37.8. The number of para-hydroxylation sites is 1. The third kappa shape index (κ3) is 7.05. The Hall–Kier alpha value is -4.87. The Morgan fingerprint density at radius 3 is 2.29 bits per heavy atom. The molecule has 0 bridgehead atoms. The minimum absolute atomic E-state index is 0. The summed E-state index contributed by atoms with van der Waals surface area (Å²) in [5.41, 5.74) is 6.58. The average Bonchev–Trinajstić information content (AvgIpc) is 3.94. The predicted molar refractivity (Wildman–Crippen MR) is 208 cm³/mol. The van der Waals surface area contributed by atoms with Crippen molar-refractivity contribution in [3.8, 4) is 33.0 Å². The monoisotopic (exact) mass is 869 g/mol. The molecule has 4 aromatic carbocycles. The first-order chi connectivity index (χ1) is 27.4. The van der Waals surface area contributed by atoms with Crippen LogP contribution in [0.3, 0.4) is 0 Å². The molecule has 0 amide bonds. The Labute approximate surface area is 326 Å². The fourth-order valence-corrected chi connectivity index (χ4v) is 7.07. The first-order valence-electron chi connectivity index (χ1n) is 20.1. The molecule has 0 spiro atoms. The summed E-state index contributed by atoms with van der Waals surface area (Å²) >= 11 is 1.49. The van der Waals surface area contributed by atoms with Crippen LogP contribution in [0.1, 0.15) is 47.7 Å². The molecule has 5 heterocycles. The first-order valence-corrected chi connectivity index (χ1v) is 17.0. The Morgan fingerprint density at radius 1 is 0.745 bits per heavy atom. The Bertz CT molecular complexity index is 2890. The van der Waals surface area contributed by atoms with E-state index >= 15 is 0 Å². The zero-order chi connectivity index (χ0) is 41.2. The molecule has 0 N–H and O–H groups in total. The third-order valence-electron chi connectivity index (χ3n) is 8.20. The van der Waals surface area contributed by atoms with Crippen molar-refractivity contribution >= 4 is 55.2 Å². The number of thiophene rings is 1. The zero-order valence-electron chi connectivity index (χ0n) is 35.9. The SMILES string of the molecule is [2H]C([2H])([2H])c1c[c-]c(-c2ccc(C([2H])([2H])[2H])cn2)cc1.[2H]C([2H])(c1ccc(-c2ccnc(-c3[c-]ccc4c3oc3c4ccc4c5ccccc5oc43)c2)s1)C(C)(C)C.[Ir]. The van der Waals surface area contributed by atoms with Crippen LogP contribution in [-0.2, 0) is 26.5 Å². The smallest absolute Gasteiger partial charge is 0.177 e. The Kier molecular flexibility index (Phi) is 7.15. The molecular formula is C45H36IrN2O2S-2. The minimum Gasteiger partial charge on any atom is -0.497 e. The molecule has 6 heteroatoms. The van der Waals surface area contributed by atoms with Crippen LogP contribution in [-0.4, -0.2) is 9.97 Å². The van der Waals surface area contributed by atoms with Gasteiger partial charge in [0.25, 0.3) is 0 Å². The van der Waals surface area contributed by atoms with Crippen molar-refractivity contribution in [1.29, 1.82) is 0 Å². The van der Waals surface area contributed by atoms with Crippen LogP contribution in [0.25, 0.3) is 76.8 Å². The van der Waals surface area contributed by atoms with Crippen molar-refractivity contribution in [3.05, 3.63) is 144 Å². The molecule has 9 rings (SSSR count). The van der Waals surface area contributed by atoms with Gasteiger partial charge in [0.1, 0.15) is 5.58 Å². The zero-order valence-corrected chi connectivity index (χ0v) is 31.1. The number of hydrogen-bond acceptors (Lipinski definition) is 5. The van der Waals surface area contributed by atoms with Gasteiger partial charge in [-0.3, -0.25) is 0 Å². The van der Waals surface area contributed by atoms with E-state index in [1.165, 1.54) is 35.7 Å². The molecule has 255 valence electrons. The number of benzene rings is 4. The van der Waals surface area contributed by atoms with Crippen LogP contribution in [0.5, 0.6) is 0 Å². The van der Waals surface area contributed by atoms with E-state index in [9.17, 15) is 0 Å². The number of hydrogen-bond donors (Lipinski definition) is 0. The standard InChI is InChI=1S/C32H24NO2S.C13H12N.Ir/c1-32(2,3)18-20-11-14-28(36-20)19-15-16-33-26(17-19)25-9-6-8-22-24-13-12-23-21-7-4-5-10-27(21)34-30(23)31(24)35-29(22)25;1-10-3-6-12(7-4-10)13-8-5-11(2)9-14-13;/h4-8,10-17H,18H2,1-3H3;3-6,8-9H,1-2H3;/q2*-1;/i18D2;1D3,2D3;. The number of pyridine rings is 2. The molecular weight excluding hydrogens is 825 g/mol. The van der Waals surface area contributed by atoms with Crippen LogP contribution in [0.4, 0.5) is 0 Å². The number of rotatable bonds is 4. The van der Waals surface area contributed by atoms with Gasteiger partial charge in [0.05, 0.1) is 5.58 Å². The largest absolute Gasteiger partial charge is 0.497 e. The number of aryl methyl sites for hydroxylation is 2. The third-order valence-corrected chi connectivity index (χ3v) is 9.25. The summed E-state index contributed by atoms with van der Waals surface area (Å²) in [6.07, 6.45) is 1.66. The summed E-state index contributed by atoms with van der Waals surface area (Å²) in [7, 11) is 0. The number of nitrogens with zero attached hydrogens (tertiary/aromatic N) is 2. The van der Waals surface area contributed by atoms with E-state index in [-0.39, 0.29) is 31.2 Å². The van der Waals surface area contributed by atoms with E-state index < -0.39 is 25.5 Å². The Balaban J connectivity index is 0.000000214. The maximum absolute atomic E-state index is 8.65. The van der Waals surface area contributed by atoms with Crippen molar-refractivity contribution in [1.82, 2.24) is 9.97 Å². The van der Waals surface area contributed by atoms with Crippen LogP contribution in [0.15, 0.2) is 124 Å². The van der Waals surface area contributed by atoms with Gasteiger partial charge in [0.2, 0.25) is 0 Å². The van der Waals surface area contributed by atoms with Gasteiger partial charge in [0.15, 0.2) is 11.2 Å². The van der Waals surface area contributed by atoms with Gasteiger partial charge in [-0.2, -0.15) is 0 Å². The molecule has 0 aliphatic rings. The summed E-state index contributed by atoms with van der Waals surface area (Å²) in [5.74, 6) is 0. The van der Waals surface area contributed by atoms with Gasteiger partial charge in [-0.1, -0.05) is 81.0 Å². The van der Waals surface area contributed by atoms with E-state index in [4.69, 9.17) is 19.8 Å². The van der Waals surface area contributed by atoms with Crippen molar-refractivity contribution in [2.45, 2.75) is 40.8 Å². The second-order valence-electron chi connectivity index (χ2n) is 13.0. The molecule has 0 unspecified atom stereocenters. The second kappa shape index (κ2) is 14.0. The number of furan rings is 2. The minimum atomic E-state index is -2.18. The number of aromatic nitrogens is 2. The maximum atomic E-state index is 8.65. The fourth-order valence-electron chi connectivity index (χ4n) is 5.96. The van der Waals surface area contributed by atoms with E-state index in [2.05, 4.69) is 40.3 Å². The molecule has 0 aliphatic heterocycles. The molecule has 0 fully saturated rings. The van der Waals surface area contributed by atoms with Crippen molar-refractivity contribution in [2.24, 2.45) is 5.41 Å². The molecule has 0 aliphatic carbocycles. The molecule has 9 aromatic rings. The number of fused-ring (bicyclic) bond motifs is 7. The van der Waals surface area contributed by atoms with E-state index in [0.29, 0.717) is 11.3 Å². The molecule has 0 saturated carbocycles. The van der Waals surface area contributed by atoms with Crippen molar-refractivity contribution in [2.75, 3.05) is 0 Å². The van der Waals surface area contributed by atoms with Crippen LogP contribution in [0, 0.1) is 31.3 Å². The van der Waals surface area contributed by atoms with Gasteiger partial charge in [0, 0.05) is 69.4 Å². The quantitative estimate of drug-likeness (QED) is 0.165. The van der Waals surface area contributed by atoms with E-state index in [1.54, 1.807) is 18.3 Å². The van der Waals surface area contributed by atoms with Gasteiger partial charge in [-0.15, -0.1) is 64.9 Å². The van der Waals surface area contributed by atoms with Crippen LogP contribution < -0.4 is 0 Å². The van der Waals surface area contributed by atoms with E-state index in [0.717, 1.165) is 70.5 Å². The summed E-state index contributed by atoms with van der Waals surface area (Å²) < 4.78 is 73.7. The summed E-state index contributed by atoms with van der Waals surface area (Å²) in [6.45, 7) is 1.45. The molecule has 0 atom stereocenters. The molecule has 51 heavy (non-hydrogen) atoms. The van der Waals surface area contributed by atoms with Gasteiger partial charge in [-0.25, -0.2) is 0 Å². The van der Waals surface area contributed by atoms with E-state index in [1.807, 2.05) is 75.4 Å². The molecule has 1 radical (unpaired) electrons. The van der Waals surface area contributed by atoms with Crippen molar-refractivity contribution in [3.63, 3.8) is 0 Å². The van der Waals surface area contributed by atoms with Crippen molar-refractivity contribution < 1.29 is 39.9 Å². The topological polar surface area (TPSA) is 52.1 Å². The van der Waals surface area contributed by atoms with Crippen LogP contribution >= 0.6 is 11.3 Å². The molecule has 5 aromatic heterocycles. The predicted octanol–water partition coefficient (Wildman–Crippen LogP) is 12.8. The Morgan fingerprint density at radius 2 is 1.53 bits per heavy atom. The summed E-state index contributed by atoms with van der Waals surface area (Å²) in [4.78, 5) is 10.5. The van der Waals surface area contributed by atoms with Gasteiger partial charge < -0.3 is 18.8 Å². The van der Waals surface area contributed by atoms with Crippen LogP contribution in [0.2, 0.25) is 0 Å². The first kappa shape index (κ1) is 26.0. The average molecular weight is 869 g/mol. The molecule has 4 nitrogen and oxygen atoms in total. The van der Waals surface area contributed by atoms with Gasteiger partial charge in [-0.05, 0) is 71.5 Å². The summed E-state index contributed by atoms with van der Waals surface area (Å²) in [5, 5.41) is 4.07. The second-order valence-corrected chi connectivity index (χ2v) is 14.1. The van der Waals surface area contributed by atoms with Gasteiger partial charge >= 0.3 is 0 Å². The molecule has 0 saturated heterocycles. The fraction of sp³-hybridized carbons (Fsp3) is 0.156. The maximum Gasteiger partial charge on any atom is 0.177 e.